The van der Waals surface area contributed by atoms with E-state index < -0.39 is 5.60 Å². The number of hydrogen-bond acceptors (Lipinski definition) is 7. The highest BCUT2D eigenvalue weighted by Gasteiger charge is 2.26. The maximum atomic E-state index is 12.1. The topological polar surface area (TPSA) is 125 Å². The quantitative estimate of drug-likeness (QED) is 0.748. The van der Waals surface area contributed by atoms with Crippen molar-refractivity contribution in [2.24, 2.45) is 0 Å². The van der Waals surface area contributed by atoms with Gasteiger partial charge in [0.05, 0.1) is 0 Å². The first-order valence-electron chi connectivity index (χ1n) is 9.32. The minimum atomic E-state index is -0.496. The number of hydrogen-bond donors (Lipinski definition) is 2. The lowest BCUT2D eigenvalue weighted by molar-refractivity contribution is 0.0210. The molecule has 1 amide bonds. The summed E-state index contributed by atoms with van der Waals surface area (Å²) in [7, 11) is 0. The molecule has 2 N–H and O–H groups in total. The van der Waals surface area contributed by atoms with E-state index in [9.17, 15) is 4.79 Å². The molecule has 1 aliphatic rings. The number of rotatable bonds is 4. The second kappa shape index (κ2) is 9.48. The van der Waals surface area contributed by atoms with Crippen LogP contribution >= 0.6 is 0 Å². The summed E-state index contributed by atoms with van der Waals surface area (Å²) in [5.74, 6) is 0. The van der Waals surface area contributed by atoms with Crippen LogP contribution in [0, 0.1) is 34.0 Å². The molecule has 150 valence electrons. The molecular weight excluding hydrogens is 368 g/mol. The van der Waals surface area contributed by atoms with Crippen molar-refractivity contribution < 1.29 is 9.53 Å². The van der Waals surface area contributed by atoms with Gasteiger partial charge in [0.2, 0.25) is 0 Å². The van der Waals surface area contributed by atoms with Gasteiger partial charge in [-0.2, -0.15) is 15.8 Å². The van der Waals surface area contributed by atoms with E-state index in [0.717, 1.165) is 18.5 Å². The molecule has 0 unspecified atom stereocenters. The van der Waals surface area contributed by atoms with Crippen LogP contribution in [0.15, 0.2) is 35.5 Å². The van der Waals surface area contributed by atoms with Gasteiger partial charge >= 0.3 is 6.09 Å². The minimum absolute atomic E-state index is 0.0785. The zero-order valence-corrected chi connectivity index (χ0v) is 16.8. The van der Waals surface area contributed by atoms with Gasteiger partial charge in [-0.05, 0) is 57.9 Å². The lowest BCUT2D eigenvalue weighted by atomic mass is 10.0. The summed E-state index contributed by atoms with van der Waals surface area (Å²) < 4.78 is 5.41. The number of piperidine rings is 1. The lowest BCUT2D eigenvalue weighted by Crippen LogP contribution is -2.44. The van der Waals surface area contributed by atoms with Crippen LogP contribution in [0.5, 0.6) is 0 Å². The van der Waals surface area contributed by atoms with Gasteiger partial charge in [0, 0.05) is 30.5 Å². The number of nitrogens with one attached hydrogen (secondary N) is 2. The van der Waals surface area contributed by atoms with Crippen LogP contribution in [0.25, 0.3) is 0 Å². The summed E-state index contributed by atoms with van der Waals surface area (Å²) in [6.07, 6.45) is 1.35. The zero-order chi connectivity index (χ0) is 21.4. The minimum Gasteiger partial charge on any atom is -0.444 e. The Labute approximate surface area is 171 Å². The highest BCUT2D eigenvalue weighted by Crippen LogP contribution is 2.21. The molecule has 1 aromatic carbocycles. The van der Waals surface area contributed by atoms with Gasteiger partial charge in [-0.25, -0.2) is 4.79 Å². The monoisotopic (exact) mass is 392 g/mol. The lowest BCUT2D eigenvalue weighted by Gasteiger charge is -2.34. The Morgan fingerprint density at radius 2 is 1.59 bits per heavy atom. The van der Waals surface area contributed by atoms with Gasteiger partial charge in [-0.15, -0.1) is 0 Å². The number of carbonyl (C=O) groups is 1. The fourth-order valence-corrected chi connectivity index (χ4v) is 2.85. The molecule has 1 saturated heterocycles. The number of allylic oxidation sites excluding steroid dienone is 2. The average molecular weight is 392 g/mol. The number of carbonyl (C=O) groups excluding carboxylic acids is 1. The molecule has 0 saturated carbocycles. The molecule has 1 aromatic rings. The van der Waals surface area contributed by atoms with Gasteiger partial charge in [-0.3, -0.25) is 0 Å². The van der Waals surface area contributed by atoms with E-state index in [1.54, 1.807) is 29.2 Å². The van der Waals surface area contributed by atoms with Crippen molar-refractivity contribution in [1.29, 1.82) is 15.8 Å². The molecule has 1 aliphatic heterocycles. The SMILES string of the molecule is CC(C)(C)OC(=O)N1CCC(Nc2ccc(NC(C#N)=C(C#N)C#N)cc2)CC1. The number of nitriles is 3. The summed E-state index contributed by atoms with van der Waals surface area (Å²) in [5.41, 5.74) is 0.685. The van der Waals surface area contributed by atoms with Crippen molar-refractivity contribution >= 4 is 17.5 Å². The molecule has 0 bridgehead atoms. The van der Waals surface area contributed by atoms with E-state index in [1.807, 2.05) is 39.0 Å². The number of benzene rings is 1. The smallest absolute Gasteiger partial charge is 0.410 e. The van der Waals surface area contributed by atoms with Crippen LogP contribution in [-0.4, -0.2) is 35.7 Å². The van der Waals surface area contributed by atoms with Gasteiger partial charge < -0.3 is 20.3 Å². The number of amides is 1. The first-order valence-corrected chi connectivity index (χ1v) is 9.32. The molecular formula is C21H24N6O2. The van der Waals surface area contributed by atoms with Crippen molar-refractivity contribution in [2.45, 2.75) is 45.3 Å². The fraction of sp³-hybridized carbons (Fsp3) is 0.429. The van der Waals surface area contributed by atoms with Gasteiger partial charge in [0.1, 0.15) is 29.5 Å². The summed E-state index contributed by atoms with van der Waals surface area (Å²) in [6, 6.07) is 12.7. The molecule has 0 atom stereocenters. The van der Waals surface area contributed by atoms with Gasteiger partial charge in [-0.1, -0.05) is 0 Å². The van der Waals surface area contributed by atoms with Crippen molar-refractivity contribution in [3.63, 3.8) is 0 Å². The van der Waals surface area contributed by atoms with E-state index in [2.05, 4.69) is 10.6 Å². The highest BCUT2D eigenvalue weighted by atomic mass is 16.6. The molecule has 0 aromatic heterocycles. The molecule has 8 heteroatoms. The van der Waals surface area contributed by atoms with Gasteiger partial charge in [0.25, 0.3) is 0 Å². The Kier molecular flexibility index (Phi) is 7.06. The van der Waals surface area contributed by atoms with Crippen molar-refractivity contribution in [2.75, 3.05) is 23.7 Å². The zero-order valence-electron chi connectivity index (χ0n) is 16.8. The van der Waals surface area contributed by atoms with Crippen LogP contribution in [0.1, 0.15) is 33.6 Å². The molecule has 0 spiro atoms. The molecule has 29 heavy (non-hydrogen) atoms. The molecule has 0 aliphatic carbocycles. The Hall–Kier alpha value is -3.70. The molecule has 1 heterocycles. The standard InChI is InChI=1S/C21H24N6O2/c1-21(2,3)29-20(28)27-10-8-18(9-11-27)25-16-4-6-17(7-5-16)26-19(14-24)15(12-22)13-23/h4-7,18,25-26H,8-11H2,1-3H3. The van der Waals surface area contributed by atoms with Crippen LogP contribution < -0.4 is 10.6 Å². The van der Waals surface area contributed by atoms with Crippen LogP contribution in [0.2, 0.25) is 0 Å². The number of nitrogens with zero attached hydrogens (tertiary/aromatic N) is 4. The fourth-order valence-electron chi connectivity index (χ4n) is 2.85. The third kappa shape index (κ3) is 6.45. The van der Waals surface area contributed by atoms with E-state index in [4.69, 9.17) is 20.5 Å². The van der Waals surface area contributed by atoms with Crippen LogP contribution in [0.4, 0.5) is 16.2 Å². The predicted molar refractivity (Wildman–Crippen MR) is 108 cm³/mol. The van der Waals surface area contributed by atoms with Crippen LogP contribution in [0.3, 0.4) is 0 Å². The number of anilines is 2. The third-order valence-electron chi connectivity index (χ3n) is 4.26. The summed E-state index contributed by atoms with van der Waals surface area (Å²) in [6.45, 7) is 6.83. The average Bonchev–Trinajstić information content (AvgIpc) is 2.68. The van der Waals surface area contributed by atoms with Crippen molar-refractivity contribution in [1.82, 2.24) is 4.90 Å². The van der Waals surface area contributed by atoms with E-state index >= 15 is 0 Å². The maximum Gasteiger partial charge on any atom is 0.410 e. The second-order valence-corrected chi connectivity index (χ2v) is 7.67. The first-order chi connectivity index (χ1) is 13.8. The second-order valence-electron chi connectivity index (χ2n) is 7.67. The van der Waals surface area contributed by atoms with Crippen LogP contribution in [-0.2, 0) is 4.74 Å². The van der Waals surface area contributed by atoms with Crippen molar-refractivity contribution in [3.8, 4) is 18.2 Å². The van der Waals surface area contributed by atoms with Crippen molar-refractivity contribution in [3.05, 3.63) is 35.5 Å². The predicted octanol–water partition coefficient (Wildman–Crippen LogP) is 3.73. The first kappa shape index (κ1) is 21.6. The molecule has 0 radical (unpaired) electrons. The Balaban J connectivity index is 1.90. The molecule has 2 rings (SSSR count). The number of likely N-dealkylation sites (tertiary alicyclic amines) is 1. The highest BCUT2D eigenvalue weighted by molar-refractivity contribution is 5.68. The van der Waals surface area contributed by atoms with E-state index in [1.165, 1.54) is 0 Å². The summed E-state index contributed by atoms with van der Waals surface area (Å²) in [4.78, 5) is 13.9. The molecule has 1 fully saturated rings. The normalized spacial score (nSPS) is 14.0. The maximum absolute atomic E-state index is 12.1. The third-order valence-corrected chi connectivity index (χ3v) is 4.26. The Bertz CT molecular complexity index is 870. The van der Waals surface area contributed by atoms with E-state index in [-0.39, 0.29) is 23.4 Å². The summed E-state index contributed by atoms with van der Waals surface area (Å²) >= 11 is 0. The number of ether oxygens (including phenoxy) is 1. The van der Waals surface area contributed by atoms with Gasteiger partial charge in [0.15, 0.2) is 5.57 Å². The van der Waals surface area contributed by atoms with E-state index in [0.29, 0.717) is 18.8 Å². The summed E-state index contributed by atoms with van der Waals surface area (Å²) in [5, 5.41) is 33.1. The Morgan fingerprint density at radius 3 is 2.07 bits per heavy atom. The largest absolute Gasteiger partial charge is 0.444 e. The Morgan fingerprint density at radius 1 is 1.03 bits per heavy atom. The molecule has 8 nitrogen and oxygen atoms in total.